The maximum atomic E-state index is 14.6. The number of halogens is 4. The number of rotatable bonds is 9. The van der Waals surface area contributed by atoms with Gasteiger partial charge in [0.15, 0.2) is 21.4 Å². The standard InChI is InChI=1S/C32H33FN4O6S.C2HF3O2/c1-18(2)44(41,42)27-7-5-4-6-23(27)29-24(32(39)40)13-15-37(29)31(38)28(20-8-11-25(33)26(17-20)43-3)36-21-9-10-22-19(16-21)12-14-35-30(22)34;3-2(4,5)1(6)7/h4-12,14,16-18,24,28-29,36H,13,15H2,1-3H3,(H2,34,35)(H,39,40);(H,6,7)/t24?,28-,29?;/m0./s1. The molecule has 3 atom stereocenters. The minimum absolute atomic E-state index is 0.0142. The first-order valence-electron chi connectivity index (χ1n) is 15.3. The summed E-state index contributed by atoms with van der Waals surface area (Å²) in [6, 6.07) is 15.1. The number of amides is 1. The number of aromatic nitrogens is 1. The predicted octanol–water partition coefficient (Wildman–Crippen LogP) is 5.61. The largest absolute Gasteiger partial charge is 0.494 e. The average molecular weight is 735 g/mol. The topological polar surface area (TPSA) is 189 Å². The van der Waals surface area contributed by atoms with Gasteiger partial charge in [-0.15, -0.1) is 0 Å². The summed E-state index contributed by atoms with van der Waals surface area (Å²) in [6.45, 7) is 3.16. The van der Waals surface area contributed by atoms with Gasteiger partial charge >= 0.3 is 18.1 Å². The Bertz CT molecular complexity index is 2060. The molecule has 1 aromatic heterocycles. The van der Waals surface area contributed by atoms with E-state index in [9.17, 15) is 40.7 Å². The summed E-state index contributed by atoms with van der Waals surface area (Å²) >= 11 is 0. The van der Waals surface area contributed by atoms with E-state index in [1.807, 2.05) is 0 Å². The number of carboxylic acids is 2. The number of sulfone groups is 1. The van der Waals surface area contributed by atoms with E-state index in [1.54, 1.807) is 62.5 Å². The maximum Gasteiger partial charge on any atom is 0.490 e. The number of fused-ring (bicyclic) bond motifs is 1. The summed E-state index contributed by atoms with van der Waals surface area (Å²) < 4.78 is 78.1. The molecule has 17 heteroatoms. The number of nitrogens with one attached hydrogen (secondary N) is 1. The molecule has 272 valence electrons. The zero-order chi connectivity index (χ0) is 37.8. The van der Waals surface area contributed by atoms with E-state index in [0.717, 1.165) is 10.8 Å². The molecule has 1 aliphatic heterocycles. The molecule has 1 aliphatic rings. The van der Waals surface area contributed by atoms with Crippen LogP contribution in [0.25, 0.3) is 10.8 Å². The van der Waals surface area contributed by atoms with Crippen molar-refractivity contribution in [3.05, 3.63) is 89.9 Å². The molecule has 2 unspecified atom stereocenters. The fourth-order valence-electron chi connectivity index (χ4n) is 5.69. The number of aliphatic carboxylic acids is 2. The van der Waals surface area contributed by atoms with E-state index < -0.39 is 62.9 Å². The number of likely N-dealkylation sites (tertiary alicyclic amines) is 1. The van der Waals surface area contributed by atoms with E-state index in [0.29, 0.717) is 17.1 Å². The fraction of sp³-hybridized carbons (Fsp3) is 0.294. The van der Waals surface area contributed by atoms with Crippen LogP contribution in [-0.4, -0.2) is 71.4 Å². The number of benzene rings is 3. The van der Waals surface area contributed by atoms with Crippen molar-refractivity contribution < 1.29 is 55.3 Å². The minimum Gasteiger partial charge on any atom is -0.494 e. The normalized spacial score (nSPS) is 16.7. The van der Waals surface area contributed by atoms with E-state index in [1.165, 1.54) is 36.3 Å². The number of nitrogens with zero attached hydrogens (tertiary/aromatic N) is 2. The van der Waals surface area contributed by atoms with Crippen LogP contribution < -0.4 is 15.8 Å². The van der Waals surface area contributed by atoms with Crippen molar-refractivity contribution in [1.29, 1.82) is 0 Å². The lowest BCUT2D eigenvalue weighted by Crippen LogP contribution is -2.40. The van der Waals surface area contributed by atoms with Crippen LogP contribution in [0.4, 0.5) is 29.1 Å². The van der Waals surface area contributed by atoms with Crippen LogP contribution in [0.15, 0.2) is 77.8 Å². The van der Waals surface area contributed by atoms with Gasteiger partial charge in [0.1, 0.15) is 11.9 Å². The van der Waals surface area contributed by atoms with Crippen LogP contribution >= 0.6 is 0 Å². The van der Waals surface area contributed by atoms with Gasteiger partial charge in [0.2, 0.25) is 5.91 Å². The molecular formula is C34H34F4N4O8S. The Morgan fingerprint density at radius 2 is 1.71 bits per heavy atom. The molecule has 5 rings (SSSR count). The van der Waals surface area contributed by atoms with Gasteiger partial charge in [-0.25, -0.2) is 22.6 Å². The molecule has 5 N–H and O–H groups in total. The molecule has 0 aliphatic carbocycles. The Labute approximate surface area is 289 Å². The van der Waals surface area contributed by atoms with Crippen molar-refractivity contribution in [3.8, 4) is 5.75 Å². The summed E-state index contributed by atoms with van der Waals surface area (Å²) in [5, 5.41) is 21.3. The van der Waals surface area contributed by atoms with Crippen molar-refractivity contribution in [2.45, 2.75) is 48.7 Å². The van der Waals surface area contributed by atoms with E-state index in [-0.39, 0.29) is 29.2 Å². The Morgan fingerprint density at radius 3 is 2.31 bits per heavy atom. The number of pyridine rings is 1. The third-order valence-corrected chi connectivity index (χ3v) is 10.5. The first kappa shape index (κ1) is 38.4. The second kappa shape index (κ2) is 15.2. The summed E-state index contributed by atoms with van der Waals surface area (Å²) in [6.07, 6.45) is -3.40. The highest BCUT2D eigenvalue weighted by molar-refractivity contribution is 7.92. The molecule has 0 spiro atoms. The van der Waals surface area contributed by atoms with Crippen molar-refractivity contribution in [3.63, 3.8) is 0 Å². The zero-order valence-electron chi connectivity index (χ0n) is 27.4. The molecule has 1 fully saturated rings. The molecule has 1 amide bonds. The zero-order valence-corrected chi connectivity index (χ0v) is 28.2. The Balaban J connectivity index is 0.000000755. The Morgan fingerprint density at radius 1 is 1.04 bits per heavy atom. The number of carboxylic acid groups (broad SMARTS) is 2. The van der Waals surface area contributed by atoms with Crippen molar-refractivity contribution in [2.24, 2.45) is 5.92 Å². The quantitative estimate of drug-likeness (QED) is 0.157. The highest BCUT2D eigenvalue weighted by atomic mass is 32.2. The molecule has 0 saturated carbocycles. The van der Waals surface area contributed by atoms with Gasteiger partial charge < -0.3 is 30.9 Å². The molecule has 1 saturated heterocycles. The number of ether oxygens (including phenoxy) is 1. The second-order valence-corrected chi connectivity index (χ2v) is 14.2. The molecule has 3 aromatic carbocycles. The predicted molar refractivity (Wildman–Crippen MR) is 178 cm³/mol. The number of hydrogen-bond acceptors (Lipinski definition) is 9. The molecule has 12 nitrogen and oxygen atoms in total. The van der Waals surface area contributed by atoms with Crippen molar-refractivity contribution in [1.82, 2.24) is 9.88 Å². The average Bonchev–Trinajstić information content (AvgIpc) is 3.53. The van der Waals surface area contributed by atoms with E-state index >= 15 is 0 Å². The van der Waals surface area contributed by atoms with E-state index in [4.69, 9.17) is 20.4 Å². The molecule has 0 radical (unpaired) electrons. The third-order valence-electron chi connectivity index (χ3n) is 8.27. The number of alkyl halides is 3. The Kier molecular flexibility index (Phi) is 11.4. The lowest BCUT2D eigenvalue weighted by Gasteiger charge is -2.32. The van der Waals surface area contributed by atoms with Gasteiger partial charge in [-0.05, 0) is 79.2 Å². The van der Waals surface area contributed by atoms with Crippen LogP contribution in [0.1, 0.15) is 43.5 Å². The first-order valence-corrected chi connectivity index (χ1v) is 16.8. The summed E-state index contributed by atoms with van der Waals surface area (Å²) in [5.74, 6) is -5.81. The lowest BCUT2D eigenvalue weighted by molar-refractivity contribution is -0.192. The van der Waals surface area contributed by atoms with Gasteiger partial charge in [0.25, 0.3) is 0 Å². The minimum atomic E-state index is -5.08. The van der Waals surface area contributed by atoms with Crippen LogP contribution in [0.3, 0.4) is 0 Å². The highest BCUT2D eigenvalue weighted by Crippen LogP contribution is 2.43. The monoisotopic (exact) mass is 734 g/mol. The van der Waals surface area contributed by atoms with Crippen molar-refractivity contribution in [2.75, 3.05) is 24.7 Å². The van der Waals surface area contributed by atoms with Crippen LogP contribution in [-0.2, 0) is 24.2 Å². The third kappa shape index (κ3) is 8.30. The SMILES string of the molecule is COc1cc([C@H](Nc2ccc3c(N)nccc3c2)C(=O)N2CCC(C(=O)O)C2c2ccccc2S(=O)(=O)C(C)C)ccc1F.O=C(O)C(F)(F)F. The highest BCUT2D eigenvalue weighted by Gasteiger charge is 2.46. The number of anilines is 2. The van der Waals surface area contributed by atoms with Gasteiger partial charge in [-0.3, -0.25) is 9.59 Å². The molecule has 2 heterocycles. The smallest absolute Gasteiger partial charge is 0.490 e. The fourth-order valence-corrected chi connectivity index (χ4v) is 6.98. The number of carbonyl (C=O) groups is 3. The first-order chi connectivity index (χ1) is 23.9. The van der Waals surface area contributed by atoms with E-state index in [2.05, 4.69) is 10.3 Å². The molecular weight excluding hydrogens is 700 g/mol. The molecule has 0 bridgehead atoms. The van der Waals surface area contributed by atoms with Gasteiger partial charge in [0, 0.05) is 23.8 Å². The summed E-state index contributed by atoms with van der Waals surface area (Å²) in [5.41, 5.74) is 7.16. The molecule has 51 heavy (non-hydrogen) atoms. The van der Waals surface area contributed by atoms with Crippen LogP contribution in [0.2, 0.25) is 0 Å². The Hall–Kier alpha value is -5.45. The van der Waals surface area contributed by atoms with Gasteiger partial charge in [-0.2, -0.15) is 13.2 Å². The number of nitrogens with two attached hydrogens (primary N) is 1. The van der Waals surface area contributed by atoms with Gasteiger partial charge in [-0.1, -0.05) is 24.3 Å². The number of hydrogen-bond donors (Lipinski definition) is 4. The van der Waals surface area contributed by atoms with Crippen LogP contribution in [0, 0.1) is 11.7 Å². The second-order valence-electron chi connectivity index (χ2n) is 11.7. The number of nitrogen functional groups attached to an aromatic ring is 1. The lowest BCUT2D eigenvalue weighted by atomic mass is 9.93. The number of methoxy groups -OCH3 is 1. The molecule has 4 aromatic rings. The number of carbonyl (C=O) groups excluding carboxylic acids is 1. The maximum absolute atomic E-state index is 14.6. The summed E-state index contributed by atoms with van der Waals surface area (Å²) in [4.78, 5) is 41.4. The van der Waals surface area contributed by atoms with Crippen molar-refractivity contribution >= 4 is 50.0 Å². The van der Waals surface area contributed by atoms with Gasteiger partial charge in [0.05, 0.1) is 29.2 Å². The summed E-state index contributed by atoms with van der Waals surface area (Å²) in [7, 11) is -2.51. The van der Waals surface area contributed by atoms with Crippen LogP contribution in [0.5, 0.6) is 5.75 Å².